The Kier molecular flexibility index (Phi) is 8.79. The maximum absolute atomic E-state index is 12.1. The normalized spacial score (nSPS) is 13.2. The highest BCUT2D eigenvalue weighted by Crippen LogP contribution is 2.20. The van der Waals surface area contributed by atoms with Gasteiger partial charge in [0.15, 0.2) is 12.7 Å². The fourth-order valence-electron chi connectivity index (χ4n) is 2.21. The van der Waals surface area contributed by atoms with Gasteiger partial charge in [-0.15, -0.1) is 6.58 Å². The Hall–Kier alpha value is -2.14. The minimum atomic E-state index is -0.726. The average Bonchev–Trinajstić information content (AvgIpc) is 2.57. The highest BCUT2D eigenvalue weighted by atomic mass is 16.6. The summed E-state index contributed by atoms with van der Waals surface area (Å²) >= 11 is 0. The SMILES string of the molecule is C=CCOC(C)C(=O)OCC(=O)NC(CC(C)C)c1ccccc1. The molecule has 132 valence electrons. The van der Waals surface area contributed by atoms with Crippen molar-refractivity contribution >= 4 is 11.9 Å². The van der Waals surface area contributed by atoms with Crippen LogP contribution in [0.2, 0.25) is 0 Å². The van der Waals surface area contributed by atoms with E-state index in [0.29, 0.717) is 5.92 Å². The van der Waals surface area contributed by atoms with Crippen LogP contribution in [0.5, 0.6) is 0 Å². The third-order valence-electron chi connectivity index (χ3n) is 3.39. The van der Waals surface area contributed by atoms with Gasteiger partial charge < -0.3 is 14.8 Å². The van der Waals surface area contributed by atoms with Crippen molar-refractivity contribution < 1.29 is 19.1 Å². The smallest absolute Gasteiger partial charge is 0.335 e. The van der Waals surface area contributed by atoms with Crippen LogP contribution in [0.15, 0.2) is 43.0 Å². The standard InChI is InChI=1S/C19H27NO4/c1-5-11-23-15(4)19(22)24-13-18(21)20-17(12-14(2)3)16-9-7-6-8-10-16/h5-10,14-15,17H,1,11-13H2,2-4H3,(H,20,21). The van der Waals surface area contributed by atoms with E-state index in [4.69, 9.17) is 9.47 Å². The second-order valence-electron chi connectivity index (χ2n) is 6.03. The zero-order chi connectivity index (χ0) is 17.9. The molecule has 2 atom stereocenters. The lowest BCUT2D eigenvalue weighted by Gasteiger charge is -2.21. The number of hydrogen-bond acceptors (Lipinski definition) is 4. The summed E-state index contributed by atoms with van der Waals surface area (Å²) in [5.74, 6) is -0.466. The van der Waals surface area contributed by atoms with E-state index in [1.807, 2.05) is 30.3 Å². The number of nitrogens with one attached hydrogen (secondary N) is 1. The second kappa shape index (κ2) is 10.6. The van der Waals surface area contributed by atoms with Crippen molar-refractivity contribution in [2.45, 2.75) is 39.3 Å². The van der Waals surface area contributed by atoms with Crippen LogP contribution in [0, 0.1) is 5.92 Å². The number of hydrogen-bond donors (Lipinski definition) is 1. The quantitative estimate of drug-likeness (QED) is 0.528. The molecule has 1 aromatic rings. The summed E-state index contributed by atoms with van der Waals surface area (Å²) in [6, 6.07) is 9.66. The maximum Gasteiger partial charge on any atom is 0.335 e. The van der Waals surface area contributed by atoms with E-state index in [9.17, 15) is 9.59 Å². The van der Waals surface area contributed by atoms with Gasteiger partial charge in [-0.05, 0) is 24.8 Å². The lowest BCUT2D eigenvalue weighted by molar-refractivity contribution is -0.158. The van der Waals surface area contributed by atoms with Crippen LogP contribution in [0.1, 0.15) is 38.8 Å². The minimum Gasteiger partial charge on any atom is -0.454 e. The number of carbonyl (C=O) groups is 2. The summed E-state index contributed by atoms with van der Waals surface area (Å²) in [5.41, 5.74) is 1.04. The van der Waals surface area contributed by atoms with Crippen LogP contribution in [0.4, 0.5) is 0 Å². The molecule has 0 saturated heterocycles. The molecule has 0 heterocycles. The van der Waals surface area contributed by atoms with E-state index in [1.54, 1.807) is 13.0 Å². The molecule has 0 aliphatic carbocycles. The minimum absolute atomic E-state index is 0.105. The Bertz CT molecular complexity index is 527. The molecule has 1 aromatic carbocycles. The molecule has 0 fully saturated rings. The monoisotopic (exact) mass is 333 g/mol. The first kappa shape index (κ1) is 19.9. The van der Waals surface area contributed by atoms with Crippen molar-refractivity contribution in [1.82, 2.24) is 5.32 Å². The van der Waals surface area contributed by atoms with Crippen molar-refractivity contribution in [1.29, 1.82) is 0 Å². The third-order valence-corrected chi connectivity index (χ3v) is 3.39. The molecule has 0 aliphatic heterocycles. The van der Waals surface area contributed by atoms with Crippen LogP contribution in [0.3, 0.4) is 0 Å². The van der Waals surface area contributed by atoms with Gasteiger partial charge in [-0.3, -0.25) is 4.79 Å². The molecule has 2 unspecified atom stereocenters. The van der Waals surface area contributed by atoms with Crippen LogP contribution in [-0.2, 0) is 19.1 Å². The highest BCUT2D eigenvalue weighted by Gasteiger charge is 2.19. The topological polar surface area (TPSA) is 64.6 Å². The van der Waals surface area contributed by atoms with E-state index < -0.39 is 12.1 Å². The number of amides is 1. The third kappa shape index (κ3) is 7.42. The molecular weight excluding hydrogens is 306 g/mol. The van der Waals surface area contributed by atoms with Gasteiger partial charge in [0.05, 0.1) is 12.6 Å². The number of esters is 1. The first-order valence-electron chi connectivity index (χ1n) is 8.17. The predicted molar refractivity (Wildman–Crippen MR) is 93.4 cm³/mol. The molecule has 0 spiro atoms. The van der Waals surface area contributed by atoms with Crippen LogP contribution in [0.25, 0.3) is 0 Å². The maximum atomic E-state index is 12.1. The Morgan fingerprint density at radius 1 is 1.21 bits per heavy atom. The molecule has 0 bridgehead atoms. The Morgan fingerprint density at radius 3 is 2.46 bits per heavy atom. The van der Waals surface area contributed by atoms with E-state index in [-0.39, 0.29) is 25.2 Å². The van der Waals surface area contributed by atoms with Crippen molar-refractivity contribution in [2.24, 2.45) is 5.92 Å². The van der Waals surface area contributed by atoms with Crippen LogP contribution >= 0.6 is 0 Å². The second-order valence-corrected chi connectivity index (χ2v) is 6.03. The Labute approximate surface area is 144 Å². The Balaban J connectivity index is 2.53. The van der Waals surface area contributed by atoms with Gasteiger partial charge in [-0.2, -0.15) is 0 Å². The molecule has 1 N–H and O–H groups in total. The molecular formula is C19H27NO4. The first-order chi connectivity index (χ1) is 11.4. The van der Waals surface area contributed by atoms with Crippen molar-refractivity contribution in [3.63, 3.8) is 0 Å². The molecule has 24 heavy (non-hydrogen) atoms. The zero-order valence-electron chi connectivity index (χ0n) is 14.7. The fourth-order valence-corrected chi connectivity index (χ4v) is 2.21. The van der Waals surface area contributed by atoms with Crippen LogP contribution < -0.4 is 5.32 Å². The molecule has 5 nitrogen and oxygen atoms in total. The zero-order valence-corrected chi connectivity index (χ0v) is 14.7. The first-order valence-corrected chi connectivity index (χ1v) is 8.17. The lowest BCUT2D eigenvalue weighted by atomic mass is 9.97. The summed E-state index contributed by atoms with van der Waals surface area (Å²) in [6.45, 7) is 9.22. The van der Waals surface area contributed by atoms with Gasteiger partial charge in [0.1, 0.15) is 0 Å². The van der Waals surface area contributed by atoms with E-state index >= 15 is 0 Å². The summed E-state index contributed by atoms with van der Waals surface area (Å²) < 4.78 is 10.2. The van der Waals surface area contributed by atoms with E-state index in [2.05, 4.69) is 25.7 Å². The molecule has 0 saturated carbocycles. The summed E-state index contributed by atoms with van der Waals surface area (Å²) in [5, 5.41) is 2.93. The fraction of sp³-hybridized carbons (Fsp3) is 0.474. The number of rotatable bonds is 10. The predicted octanol–water partition coefficient (Wildman–Crippen LogP) is 3.02. The molecule has 0 aromatic heterocycles. The lowest BCUT2D eigenvalue weighted by Crippen LogP contribution is -2.34. The number of benzene rings is 1. The molecule has 1 rings (SSSR count). The van der Waals surface area contributed by atoms with Crippen LogP contribution in [-0.4, -0.2) is 31.2 Å². The summed E-state index contributed by atoms with van der Waals surface area (Å²) in [4.78, 5) is 23.8. The molecule has 0 aliphatic rings. The molecule has 5 heteroatoms. The summed E-state index contributed by atoms with van der Waals surface area (Å²) in [7, 11) is 0. The van der Waals surface area contributed by atoms with Gasteiger partial charge in [0.25, 0.3) is 5.91 Å². The number of ether oxygens (including phenoxy) is 2. The van der Waals surface area contributed by atoms with Gasteiger partial charge in [0, 0.05) is 0 Å². The largest absolute Gasteiger partial charge is 0.454 e. The van der Waals surface area contributed by atoms with Crippen molar-refractivity contribution in [3.05, 3.63) is 48.6 Å². The highest BCUT2D eigenvalue weighted by molar-refractivity contribution is 5.82. The van der Waals surface area contributed by atoms with Gasteiger partial charge in [-0.1, -0.05) is 50.3 Å². The van der Waals surface area contributed by atoms with Gasteiger partial charge >= 0.3 is 5.97 Å². The van der Waals surface area contributed by atoms with Gasteiger partial charge in [-0.25, -0.2) is 4.79 Å². The van der Waals surface area contributed by atoms with Crippen molar-refractivity contribution in [3.8, 4) is 0 Å². The van der Waals surface area contributed by atoms with E-state index in [0.717, 1.165) is 12.0 Å². The number of carbonyl (C=O) groups excluding carboxylic acids is 2. The summed E-state index contributed by atoms with van der Waals surface area (Å²) in [6.07, 6.45) is 1.63. The molecule has 1 amide bonds. The van der Waals surface area contributed by atoms with Gasteiger partial charge in [0.2, 0.25) is 0 Å². The molecule has 0 radical (unpaired) electrons. The van der Waals surface area contributed by atoms with Crippen molar-refractivity contribution in [2.75, 3.05) is 13.2 Å². The average molecular weight is 333 g/mol. The Morgan fingerprint density at radius 2 is 1.88 bits per heavy atom. The van der Waals surface area contributed by atoms with E-state index in [1.165, 1.54) is 0 Å².